The van der Waals surface area contributed by atoms with Crippen molar-refractivity contribution in [3.8, 4) is 0 Å². The van der Waals surface area contributed by atoms with Crippen molar-refractivity contribution in [1.82, 2.24) is 20.2 Å². The lowest BCUT2D eigenvalue weighted by molar-refractivity contribution is 0.991. The van der Waals surface area contributed by atoms with Crippen LogP contribution in [0.15, 0.2) is 33.9 Å². The Morgan fingerprint density at radius 1 is 1.24 bits per heavy atom. The molecule has 4 rings (SSSR count). The van der Waals surface area contributed by atoms with Gasteiger partial charge in [0.25, 0.3) is 0 Å². The van der Waals surface area contributed by atoms with E-state index in [1.807, 2.05) is 6.07 Å². The number of aryl methyl sites for hydroxylation is 1. The second kappa shape index (κ2) is 5.23. The third-order valence-electron chi connectivity index (χ3n) is 3.25. The molecule has 106 valence electrons. The molecule has 0 bridgehead atoms. The van der Waals surface area contributed by atoms with Crippen LogP contribution in [0.25, 0.3) is 10.9 Å². The average Bonchev–Trinajstić information content (AvgIpc) is 3.18. The predicted molar refractivity (Wildman–Crippen MR) is 85.0 cm³/mol. The second-order valence-electron chi connectivity index (χ2n) is 5.09. The summed E-state index contributed by atoms with van der Waals surface area (Å²) in [7, 11) is 0. The molecule has 2 aromatic heterocycles. The van der Waals surface area contributed by atoms with Gasteiger partial charge in [-0.15, -0.1) is 10.2 Å². The second-order valence-corrected chi connectivity index (χ2v) is 7.31. The molecule has 0 atom stereocenters. The lowest BCUT2D eigenvalue weighted by Crippen LogP contribution is -1.99. The van der Waals surface area contributed by atoms with Gasteiger partial charge in [0.2, 0.25) is 5.13 Å². The molecule has 0 radical (unpaired) electrons. The quantitative estimate of drug-likeness (QED) is 0.743. The van der Waals surface area contributed by atoms with Crippen LogP contribution in [0.3, 0.4) is 0 Å². The van der Waals surface area contributed by atoms with Crippen LogP contribution in [-0.4, -0.2) is 26.2 Å². The SMILES string of the molecule is Cc1ccc2ncnc(Sc3nnc(NC4CC4)s3)c2c1. The van der Waals surface area contributed by atoms with Crippen molar-refractivity contribution in [1.29, 1.82) is 0 Å². The Balaban J connectivity index is 1.63. The van der Waals surface area contributed by atoms with E-state index in [1.54, 1.807) is 29.4 Å². The van der Waals surface area contributed by atoms with Crippen molar-refractivity contribution in [2.24, 2.45) is 0 Å². The third kappa shape index (κ3) is 2.84. The lowest BCUT2D eigenvalue weighted by Gasteiger charge is -2.03. The first kappa shape index (κ1) is 13.0. The van der Waals surface area contributed by atoms with Crippen molar-refractivity contribution in [2.45, 2.75) is 35.2 Å². The summed E-state index contributed by atoms with van der Waals surface area (Å²) in [4.78, 5) is 8.70. The summed E-state index contributed by atoms with van der Waals surface area (Å²) in [6.07, 6.45) is 4.07. The van der Waals surface area contributed by atoms with Gasteiger partial charge in [0.1, 0.15) is 11.4 Å². The van der Waals surface area contributed by atoms with Gasteiger partial charge in [-0.05, 0) is 43.7 Å². The van der Waals surface area contributed by atoms with E-state index in [2.05, 4.69) is 44.5 Å². The maximum atomic E-state index is 4.40. The van der Waals surface area contributed by atoms with E-state index in [1.165, 1.54) is 18.4 Å². The fourth-order valence-corrected chi connectivity index (χ4v) is 3.84. The van der Waals surface area contributed by atoms with E-state index in [0.717, 1.165) is 25.4 Å². The van der Waals surface area contributed by atoms with E-state index in [0.29, 0.717) is 6.04 Å². The van der Waals surface area contributed by atoms with Crippen LogP contribution in [-0.2, 0) is 0 Å². The summed E-state index contributed by atoms with van der Waals surface area (Å²) in [6.45, 7) is 2.07. The van der Waals surface area contributed by atoms with E-state index < -0.39 is 0 Å². The number of rotatable bonds is 4. The van der Waals surface area contributed by atoms with Gasteiger partial charge in [0.05, 0.1) is 5.52 Å². The Morgan fingerprint density at radius 2 is 2.14 bits per heavy atom. The predicted octanol–water partition coefficient (Wildman–Crippen LogP) is 3.52. The molecule has 7 heteroatoms. The highest BCUT2D eigenvalue weighted by molar-refractivity contribution is 8.01. The van der Waals surface area contributed by atoms with Crippen LogP contribution < -0.4 is 5.32 Å². The first-order valence-corrected chi connectivity index (χ1v) is 8.40. The molecule has 0 amide bonds. The molecule has 3 aromatic rings. The minimum Gasteiger partial charge on any atom is -0.357 e. The van der Waals surface area contributed by atoms with Gasteiger partial charge in [0, 0.05) is 11.4 Å². The molecule has 1 fully saturated rings. The van der Waals surface area contributed by atoms with Crippen molar-refractivity contribution in [3.05, 3.63) is 30.1 Å². The fourth-order valence-electron chi connectivity index (χ4n) is 2.02. The maximum Gasteiger partial charge on any atom is 0.206 e. The summed E-state index contributed by atoms with van der Waals surface area (Å²) in [5.41, 5.74) is 2.16. The Bertz CT molecular complexity index is 797. The molecule has 1 aliphatic carbocycles. The Hall–Kier alpha value is -1.73. The van der Waals surface area contributed by atoms with Crippen molar-refractivity contribution >= 4 is 39.1 Å². The van der Waals surface area contributed by atoms with Gasteiger partial charge in [-0.3, -0.25) is 0 Å². The van der Waals surface area contributed by atoms with Gasteiger partial charge in [-0.25, -0.2) is 9.97 Å². The van der Waals surface area contributed by atoms with E-state index in [-0.39, 0.29) is 0 Å². The van der Waals surface area contributed by atoms with Crippen LogP contribution in [0.5, 0.6) is 0 Å². The highest BCUT2D eigenvalue weighted by Gasteiger charge is 2.22. The Labute approximate surface area is 130 Å². The number of aromatic nitrogens is 4. The molecule has 0 spiro atoms. The van der Waals surface area contributed by atoms with Crippen LogP contribution in [0.4, 0.5) is 5.13 Å². The molecule has 1 aliphatic rings. The van der Waals surface area contributed by atoms with Crippen molar-refractivity contribution in [2.75, 3.05) is 5.32 Å². The summed E-state index contributed by atoms with van der Waals surface area (Å²) in [5, 5.41) is 14.7. The number of anilines is 1. The molecule has 1 aromatic carbocycles. The highest BCUT2D eigenvalue weighted by Crippen LogP contribution is 2.35. The number of fused-ring (bicyclic) bond motifs is 1. The topological polar surface area (TPSA) is 63.6 Å². The zero-order valence-electron chi connectivity index (χ0n) is 11.4. The largest absolute Gasteiger partial charge is 0.357 e. The zero-order chi connectivity index (χ0) is 14.2. The number of nitrogens with one attached hydrogen (secondary N) is 1. The molecule has 5 nitrogen and oxygen atoms in total. The van der Waals surface area contributed by atoms with Crippen LogP contribution in [0.1, 0.15) is 18.4 Å². The van der Waals surface area contributed by atoms with Gasteiger partial charge < -0.3 is 5.32 Å². The molecular formula is C14H13N5S2. The monoisotopic (exact) mass is 315 g/mol. The minimum absolute atomic E-state index is 0.596. The van der Waals surface area contributed by atoms with Gasteiger partial charge in [-0.2, -0.15) is 0 Å². The first-order chi connectivity index (χ1) is 10.3. The van der Waals surface area contributed by atoms with Crippen LogP contribution >= 0.6 is 23.1 Å². The van der Waals surface area contributed by atoms with E-state index in [4.69, 9.17) is 0 Å². The summed E-state index contributed by atoms with van der Waals surface area (Å²) in [6, 6.07) is 6.80. The van der Waals surface area contributed by atoms with Crippen LogP contribution in [0.2, 0.25) is 0 Å². The molecule has 0 unspecified atom stereocenters. The van der Waals surface area contributed by atoms with Crippen LogP contribution in [0, 0.1) is 6.92 Å². The smallest absolute Gasteiger partial charge is 0.206 e. The van der Waals surface area contributed by atoms with E-state index >= 15 is 0 Å². The Kier molecular flexibility index (Phi) is 3.23. The first-order valence-electron chi connectivity index (χ1n) is 6.77. The lowest BCUT2D eigenvalue weighted by atomic mass is 10.2. The minimum atomic E-state index is 0.596. The number of nitrogens with zero attached hydrogens (tertiary/aromatic N) is 4. The molecule has 1 N–H and O–H groups in total. The molecule has 1 saturated carbocycles. The number of benzene rings is 1. The number of hydrogen-bond donors (Lipinski definition) is 1. The summed E-state index contributed by atoms with van der Waals surface area (Å²) in [5.74, 6) is 0. The number of hydrogen-bond acceptors (Lipinski definition) is 7. The van der Waals surface area contributed by atoms with Gasteiger partial charge in [0.15, 0.2) is 4.34 Å². The molecule has 0 aliphatic heterocycles. The molecule has 2 heterocycles. The normalized spacial score (nSPS) is 14.5. The van der Waals surface area contributed by atoms with Gasteiger partial charge in [-0.1, -0.05) is 23.0 Å². The molecule has 0 saturated heterocycles. The molecule has 21 heavy (non-hydrogen) atoms. The zero-order valence-corrected chi connectivity index (χ0v) is 13.0. The third-order valence-corrected chi connectivity index (χ3v) is 5.17. The van der Waals surface area contributed by atoms with Gasteiger partial charge >= 0.3 is 0 Å². The van der Waals surface area contributed by atoms with E-state index in [9.17, 15) is 0 Å². The highest BCUT2D eigenvalue weighted by atomic mass is 32.2. The fraction of sp³-hybridized carbons (Fsp3) is 0.286. The van der Waals surface area contributed by atoms with Crippen molar-refractivity contribution in [3.63, 3.8) is 0 Å². The Morgan fingerprint density at radius 3 is 3.00 bits per heavy atom. The maximum absolute atomic E-state index is 4.40. The summed E-state index contributed by atoms with van der Waals surface area (Å²) < 4.78 is 0.902. The molecular weight excluding hydrogens is 302 g/mol. The standard InChI is InChI=1S/C14H13N5S2/c1-8-2-5-11-10(6-8)12(16-7-15-11)20-14-19-18-13(21-14)17-9-3-4-9/h2,5-7,9H,3-4H2,1H3,(H,17,18). The average molecular weight is 315 g/mol. The summed E-state index contributed by atoms with van der Waals surface area (Å²) >= 11 is 3.13. The van der Waals surface area contributed by atoms with Crippen molar-refractivity contribution < 1.29 is 0 Å².